The Morgan fingerprint density at radius 2 is 1.95 bits per heavy atom. The van der Waals surface area contributed by atoms with Crippen molar-refractivity contribution in [1.29, 1.82) is 0 Å². The number of hydrogen-bond donors (Lipinski definition) is 1. The van der Waals surface area contributed by atoms with Crippen LogP contribution in [0.5, 0.6) is 0 Å². The monoisotopic (exact) mass is 343 g/mol. The first kappa shape index (κ1) is 14.1. The second kappa shape index (κ2) is 6.31. The summed E-state index contributed by atoms with van der Waals surface area (Å²) < 4.78 is 3.36. The molecule has 0 radical (unpaired) electrons. The second-order valence-corrected chi connectivity index (χ2v) is 5.86. The SMILES string of the molecule is CCn1c(CCNc2ccccc2)nc2cc(Br)ccc21. The van der Waals surface area contributed by atoms with Crippen LogP contribution in [0.1, 0.15) is 12.7 Å². The van der Waals surface area contributed by atoms with Gasteiger partial charge >= 0.3 is 0 Å². The number of nitrogens with zero attached hydrogens (tertiary/aromatic N) is 2. The zero-order valence-electron chi connectivity index (χ0n) is 12.0. The molecule has 4 heteroatoms. The minimum Gasteiger partial charge on any atom is -0.385 e. The minimum absolute atomic E-state index is 0.883. The summed E-state index contributed by atoms with van der Waals surface area (Å²) in [4.78, 5) is 4.77. The van der Waals surface area contributed by atoms with Crippen LogP contribution in [0.15, 0.2) is 53.0 Å². The molecule has 0 bridgehead atoms. The average Bonchev–Trinajstić information content (AvgIpc) is 2.84. The van der Waals surface area contributed by atoms with E-state index in [1.54, 1.807) is 0 Å². The molecule has 0 saturated carbocycles. The summed E-state index contributed by atoms with van der Waals surface area (Å²) >= 11 is 3.51. The number of nitrogens with one attached hydrogen (secondary N) is 1. The summed E-state index contributed by atoms with van der Waals surface area (Å²) in [6.45, 7) is 3.99. The van der Waals surface area contributed by atoms with Crippen molar-refractivity contribution in [1.82, 2.24) is 9.55 Å². The lowest BCUT2D eigenvalue weighted by Gasteiger charge is -2.08. The zero-order chi connectivity index (χ0) is 14.7. The van der Waals surface area contributed by atoms with Crippen molar-refractivity contribution in [2.24, 2.45) is 0 Å². The minimum atomic E-state index is 0.883. The molecule has 1 N–H and O–H groups in total. The fraction of sp³-hybridized carbons (Fsp3) is 0.235. The van der Waals surface area contributed by atoms with Crippen molar-refractivity contribution in [3.05, 3.63) is 58.8 Å². The first-order chi connectivity index (χ1) is 10.3. The number of aromatic nitrogens is 2. The predicted molar refractivity (Wildman–Crippen MR) is 91.7 cm³/mol. The Morgan fingerprint density at radius 3 is 2.71 bits per heavy atom. The zero-order valence-corrected chi connectivity index (χ0v) is 13.6. The molecule has 0 aliphatic carbocycles. The Bertz CT molecular complexity index is 734. The van der Waals surface area contributed by atoms with Crippen LogP contribution in [0.25, 0.3) is 11.0 Å². The molecule has 2 aromatic carbocycles. The molecule has 21 heavy (non-hydrogen) atoms. The number of halogens is 1. The molecule has 3 rings (SSSR count). The van der Waals surface area contributed by atoms with Gasteiger partial charge in [-0.3, -0.25) is 0 Å². The van der Waals surface area contributed by atoms with Gasteiger partial charge in [0.25, 0.3) is 0 Å². The van der Waals surface area contributed by atoms with Crippen molar-refractivity contribution >= 4 is 32.7 Å². The Hall–Kier alpha value is -1.81. The molecule has 0 atom stereocenters. The number of aryl methyl sites for hydroxylation is 1. The molecule has 0 fully saturated rings. The first-order valence-electron chi connectivity index (χ1n) is 7.21. The van der Waals surface area contributed by atoms with E-state index >= 15 is 0 Å². The van der Waals surface area contributed by atoms with E-state index in [4.69, 9.17) is 4.98 Å². The Labute approximate surface area is 133 Å². The highest BCUT2D eigenvalue weighted by atomic mass is 79.9. The molecule has 0 aliphatic rings. The van der Waals surface area contributed by atoms with E-state index in [0.29, 0.717) is 0 Å². The van der Waals surface area contributed by atoms with Gasteiger partial charge in [0.15, 0.2) is 0 Å². The van der Waals surface area contributed by atoms with E-state index in [0.717, 1.165) is 41.0 Å². The lowest BCUT2D eigenvalue weighted by molar-refractivity contribution is 0.717. The maximum Gasteiger partial charge on any atom is 0.111 e. The molecule has 0 aliphatic heterocycles. The van der Waals surface area contributed by atoms with Crippen LogP contribution in [-0.2, 0) is 13.0 Å². The highest BCUT2D eigenvalue weighted by molar-refractivity contribution is 9.10. The van der Waals surface area contributed by atoms with Gasteiger partial charge < -0.3 is 9.88 Å². The topological polar surface area (TPSA) is 29.9 Å². The van der Waals surface area contributed by atoms with Gasteiger partial charge in [-0.15, -0.1) is 0 Å². The van der Waals surface area contributed by atoms with Gasteiger partial charge in [-0.05, 0) is 37.3 Å². The molecule has 0 spiro atoms. The number of hydrogen-bond acceptors (Lipinski definition) is 2. The van der Waals surface area contributed by atoms with Crippen LogP contribution in [0.3, 0.4) is 0 Å². The van der Waals surface area contributed by atoms with Crippen LogP contribution in [0, 0.1) is 0 Å². The summed E-state index contributed by atoms with van der Waals surface area (Å²) in [5.41, 5.74) is 3.41. The van der Waals surface area contributed by atoms with Gasteiger partial charge in [-0.1, -0.05) is 34.1 Å². The number of imidazole rings is 1. The first-order valence-corrected chi connectivity index (χ1v) is 8.01. The van der Waals surface area contributed by atoms with E-state index in [1.807, 2.05) is 18.2 Å². The number of para-hydroxylation sites is 1. The third kappa shape index (κ3) is 3.10. The summed E-state index contributed by atoms with van der Waals surface area (Å²) in [7, 11) is 0. The molecule has 108 valence electrons. The number of rotatable bonds is 5. The Morgan fingerprint density at radius 1 is 1.14 bits per heavy atom. The van der Waals surface area contributed by atoms with Gasteiger partial charge in [-0.25, -0.2) is 4.98 Å². The summed E-state index contributed by atoms with van der Waals surface area (Å²) in [5.74, 6) is 1.13. The van der Waals surface area contributed by atoms with Crippen LogP contribution in [-0.4, -0.2) is 16.1 Å². The second-order valence-electron chi connectivity index (χ2n) is 4.95. The van der Waals surface area contributed by atoms with Crippen LogP contribution in [0.4, 0.5) is 5.69 Å². The van der Waals surface area contributed by atoms with Gasteiger partial charge in [0, 0.05) is 29.7 Å². The molecular formula is C17H18BrN3. The van der Waals surface area contributed by atoms with E-state index < -0.39 is 0 Å². The highest BCUT2D eigenvalue weighted by Crippen LogP contribution is 2.21. The lowest BCUT2D eigenvalue weighted by Crippen LogP contribution is -2.09. The third-order valence-corrected chi connectivity index (χ3v) is 4.05. The van der Waals surface area contributed by atoms with Gasteiger partial charge in [0.1, 0.15) is 5.82 Å². The van der Waals surface area contributed by atoms with Crippen molar-refractivity contribution in [3.63, 3.8) is 0 Å². The smallest absolute Gasteiger partial charge is 0.111 e. The fourth-order valence-electron chi connectivity index (χ4n) is 2.57. The fourth-order valence-corrected chi connectivity index (χ4v) is 2.92. The van der Waals surface area contributed by atoms with Gasteiger partial charge in [-0.2, -0.15) is 0 Å². The largest absolute Gasteiger partial charge is 0.385 e. The van der Waals surface area contributed by atoms with Gasteiger partial charge in [0.2, 0.25) is 0 Å². The molecule has 3 aromatic rings. The van der Waals surface area contributed by atoms with Crippen LogP contribution < -0.4 is 5.32 Å². The summed E-state index contributed by atoms with van der Waals surface area (Å²) in [5, 5.41) is 3.44. The number of fused-ring (bicyclic) bond motifs is 1. The third-order valence-electron chi connectivity index (χ3n) is 3.56. The summed E-state index contributed by atoms with van der Waals surface area (Å²) in [6, 6.07) is 16.6. The van der Waals surface area contributed by atoms with E-state index in [1.165, 1.54) is 5.52 Å². The van der Waals surface area contributed by atoms with Crippen molar-refractivity contribution < 1.29 is 0 Å². The van der Waals surface area contributed by atoms with E-state index in [-0.39, 0.29) is 0 Å². The van der Waals surface area contributed by atoms with E-state index in [2.05, 4.69) is 63.1 Å². The molecule has 1 aromatic heterocycles. The highest BCUT2D eigenvalue weighted by Gasteiger charge is 2.09. The number of benzene rings is 2. The molecule has 3 nitrogen and oxygen atoms in total. The Balaban J connectivity index is 1.77. The molecule has 0 unspecified atom stereocenters. The van der Waals surface area contributed by atoms with Crippen molar-refractivity contribution in [2.45, 2.75) is 19.9 Å². The quantitative estimate of drug-likeness (QED) is 0.740. The van der Waals surface area contributed by atoms with Crippen LogP contribution in [0.2, 0.25) is 0 Å². The molecular weight excluding hydrogens is 326 g/mol. The summed E-state index contributed by atoms with van der Waals surface area (Å²) in [6.07, 6.45) is 0.912. The van der Waals surface area contributed by atoms with Gasteiger partial charge in [0.05, 0.1) is 11.0 Å². The van der Waals surface area contributed by atoms with Crippen LogP contribution >= 0.6 is 15.9 Å². The van der Waals surface area contributed by atoms with Crippen molar-refractivity contribution in [3.8, 4) is 0 Å². The lowest BCUT2D eigenvalue weighted by atomic mass is 10.3. The predicted octanol–water partition coefficient (Wildman–Crippen LogP) is 4.47. The maximum absolute atomic E-state index is 4.77. The molecule has 0 amide bonds. The Kier molecular flexibility index (Phi) is 4.25. The average molecular weight is 344 g/mol. The molecule has 0 saturated heterocycles. The normalized spacial score (nSPS) is 11.0. The standard InChI is InChI=1S/C17H18BrN3/c1-2-21-16-9-8-13(18)12-15(16)20-17(21)10-11-19-14-6-4-3-5-7-14/h3-9,12,19H,2,10-11H2,1H3. The number of anilines is 1. The molecule has 1 heterocycles. The van der Waals surface area contributed by atoms with E-state index in [9.17, 15) is 0 Å². The van der Waals surface area contributed by atoms with Crippen molar-refractivity contribution in [2.75, 3.05) is 11.9 Å². The maximum atomic E-state index is 4.77.